The Kier molecular flexibility index (Phi) is 8.81. The summed E-state index contributed by atoms with van der Waals surface area (Å²) in [5.41, 5.74) is 4.14. The van der Waals surface area contributed by atoms with Gasteiger partial charge >= 0.3 is 0 Å². The summed E-state index contributed by atoms with van der Waals surface area (Å²) in [6, 6.07) is 10.5. The lowest BCUT2D eigenvalue weighted by Crippen LogP contribution is -2.48. The van der Waals surface area contributed by atoms with E-state index in [1.165, 1.54) is 11.8 Å². The molecule has 0 radical (unpaired) electrons. The SMILES string of the molecule is CSc1cc(C)[nH]c(=O)c1CNC(=O)c1c(C)n([C@H](C)C2CCC(NC(=O)[Si](C)(C)C)CC2)c2ccccc12. The van der Waals surface area contributed by atoms with Crippen molar-refractivity contribution in [1.82, 2.24) is 20.2 Å². The van der Waals surface area contributed by atoms with Crippen molar-refractivity contribution >= 4 is 42.2 Å². The van der Waals surface area contributed by atoms with Gasteiger partial charge in [0.15, 0.2) is 13.6 Å². The van der Waals surface area contributed by atoms with Crippen molar-refractivity contribution in [2.24, 2.45) is 5.92 Å². The number of carbonyl (C=O) groups excluding carboxylic acids is 2. The molecule has 7 nitrogen and oxygen atoms in total. The normalized spacial score (nSPS) is 18.6. The van der Waals surface area contributed by atoms with Crippen molar-refractivity contribution in [3.8, 4) is 0 Å². The molecule has 210 valence electrons. The third-order valence-corrected chi connectivity index (χ3v) is 10.4. The summed E-state index contributed by atoms with van der Waals surface area (Å²) in [6.45, 7) is 12.6. The molecule has 2 amide bonds. The van der Waals surface area contributed by atoms with Gasteiger partial charge in [-0.2, -0.15) is 0 Å². The second-order valence-corrected chi connectivity index (χ2v) is 17.7. The fourth-order valence-corrected chi connectivity index (χ4v) is 7.20. The first-order valence-corrected chi connectivity index (χ1v) is 18.6. The first kappa shape index (κ1) is 29.2. The van der Waals surface area contributed by atoms with Gasteiger partial charge in [-0.25, -0.2) is 0 Å². The van der Waals surface area contributed by atoms with Gasteiger partial charge in [-0.15, -0.1) is 11.8 Å². The molecule has 0 bridgehead atoms. The predicted octanol–water partition coefficient (Wildman–Crippen LogP) is 6.35. The third-order valence-electron chi connectivity index (χ3n) is 8.14. The monoisotopic (exact) mass is 566 g/mol. The van der Waals surface area contributed by atoms with E-state index in [0.29, 0.717) is 17.0 Å². The van der Waals surface area contributed by atoms with Crippen molar-refractivity contribution in [3.63, 3.8) is 0 Å². The molecule has 1 aliphatic rings. The number of aromatic amines is 1. The third kappa shape index (κ3) is 6.19. The molecule has 1 aromatic carbocycles. The number of benzene rings is 1. The Morgan fingerprint density at radius 2 is 1.79 bits per heavy atom. The molecule has 9 heteroatoms. The van der Waals surface area contributed by atoms with Gasteiger partial charge in [0, 0.05) is 51.4 Å². The number of pyridine rings is 1. The number of hydrogen-bond acceptors (Lipinski definition) is 4. The van der Waals surface area contributed by atoms with Gasteiger partial charge in [0.05, 0.1) is 5.56 Å². The summed E-state index contributed by atoms with van der Waals surface area (Å²) < 4.78 is 2.32. The Hall–Kier alpha value is -2.78. The van der Waals surface area contributed by atoms with E-state index in [9.17, 15) is 14.4 Å². The van der Waals surface area contributed by atoms with Crippen molar-refractivity contribution in [2.75, 3.05) is 6.26 Å². The van der Waals surface area contributed by atoms with Gasteiger partial charge in [0.1, 0.15) is 0 Å². The maximum absolute atomic E-state index is 13.6. The first-order valence-electron chi connectivity index (χ1n) is 13.9. The van der Waals surface area contributed by atoms with Crippen molar-refractivity contribution < 1.29 is 9.59 Å². The number of aromatic nitrogens is 2. The largest absolute Gasteiger partial charge is 0.358 e. The van der Waals surface area contributed by atoms with Crippen LogP contribution in [0, 0.1) is 19.8 Å². The van der Waals surface area contributed by atoms with Crippen LogP contribution < -0.4 is 16.2 Å². The van der Waals surface area contributed by atoms with Gasteiger partial charge in [0.2, 0.25) is 0 Å². The van der Waals surface area contributed by atoms with Gasteiger partial charge in [-0.1, -0.05) is 37.8 Å². The number of H-pyrrole nitrogens is 1. The molecule has 2 aromatic heterocycles. The number of fused-ring (bicyclic) bond motifs is 1. The number of nitrogens with zero attached hydrogens (tertiary/aromatic N) is 1. The molecule has 0 unspecified atom stereocenters. The van der Waals surface area contributed by atoms with E-state index in [-0.39, 0.29) is 35.6 Å². The summed E-state index contributed by atoms with van der Waals surface area (Å²) in [6.07, 6.45) is 5.99. The van der Waals surface area contributed by atoms with Crippen LogP contribution in [0.25, 0.3) is 10.9 Å². The van der Waals surface area contributed by atoms with Gasteiger partial charge in [-0.3, -0.25) is 14.4 Å². The Morgan fingerprint density at radius 3 is 2.44 bits per heavy atom. The number of rotatable bonds is 8. The van der Waals surface area contributed by atoms with Gasteiger partial charge in [-0.05, 0) is 70.8 Å². The fraction of sp³-hybridized carbons (Fsp3) is 0.500. The number of carbonyl (C=O) groups is 2. The lowest BCUT2D eigenvalue weighted by atomic mass is 9.82. The minimum absolute atomic E-state index is 0.163. The smallest absolute Gasteiger partial charge is 0.254 e. The Morgan fingerprint density at radius 1 is 1.13 bits per heavy atom. The van der Waals surface area contributed by atoms with E-state index in [1.807, 2.05) is 44.4 Å². The molecular weight excluding hydrogens is 525 g/mol. The molecule has 1 atom stereocenters. The van der Waals surface area contributed by atoms with Crippen molar-refractivity contribution in [1.29, 1.82) is 0 Å². The van der Waals surface area contributed by atoms with E-state index in [0.717, 1.165) is 52.9 Å². The van der Waals surface area contributed by atoms with Crippen LogP contribution in [-0.2, 0) is 6.54 Å². The molecule has 0 aliphatic heterocycles. The quantitative estimate of drug-likeness (QED) is 0.219. The average Bonchev–Trinajstić information content (AvgIpc) is 3.18. The van der Waals surface area contributed by atoms with Crippen LogP contribution in [0.4, 0.5) is 4.79 Å². The molecule has 1 aliphatic carbocycles. The lowest BCUT2D eigenvalue weighted by Gasteiger charge is -2.35. The zero-order valence-electron chi connectivity index (χ0n) is 24.2. The van der Waals surface area contributed by atoms with Crippen molar-refractivity contribution in [2.45, 2.75) is 89.6 Å². The molecule has 39 heavy (non-hydrogen) atoms. The Labute approximate surface area is 236 Å². The number of thioether (sulfide) groups is 1. The molecular formula is C30H42N4O3SSi. The van der Waals surface area contributed by atoms with Crippen LogP contribution in [0.5, 0.6) is 0 Å². The maximum atomic E-state index is 13.6. The molecule has 3 N–H and O–H groups in total. The second-order valence-electron chi connectivity index (χ2n) is 11.9. The Balaban J connectivity index is 1.54. The summed E-state index contributed by atoms with van der Waals surface area (Å²) in [7, 11) is -1.83. The van der Waals surface area contributed by atoms with E-state index in [4.69, 9.17) is 0 Å². The number of aryl methyl sites for hydroxylation is 1. The Bertz CT molecular complexity index is 1430. The van der Waals surface area contributed by atoms with E-state index >= 15 is 0 Å². The second kappa shape index (κ2) is 11.8. The van der Waals surface area contributed by atoms with E-state index in [1.54, 1.807) is 0 Å². The first-order chi connectivity index (χ1) is 18.4. The van der Waals surface area contributed by atoms with Crippen LogP contribution in [-0.4, -0.2) is 41.4 Å². The van der Waals surface area contributed by atoms with Gasteiger partial charge < -0.3 is 20.2 Å². The standard InChI is InChI=1S/C30H42N4O3SSi/c1-18-16-26(38-4)24(28(35)32-18)17-31-29(36)27-20(3)34(25-11-9-8-10-23(25)27)19(2)21-12-14-22(15-13-21)33-30(37)39(5,6)7/h8-11,16,19,21-22H,12-15,17H2,1-7H3,(H,31,36)(H,32,35)(H,33,37)/t19-,21?,22?/m1/s1. The maximum Gasteiger partial charge on any atom is 0.254 e. The predicted molar refractivity (Wildman–Crippen MR) is 164 cm³/mol. The highest BCUT2D eigenvalue weighted by molar-refractivity contribution is 7.98. The number of hydrogen-bond donors (Lipinski definition) is 3. The van der Waals surface area contributed by atoms with Crippen LogP contribution in [0.2, 0.25) is 19.6 Å². The minimum atomic E-state index is -1.83. The number of para-hydroxylation sites is 1. The highest BCUT2D eigenvalue weighted by atomic mass is 32.2. The zero-order chi connectivity index (χ0) is 28.5. The number of nitrogens with one attached hydrogen (secondary N) is 3. The summed E-state index contributed by atoms with van der Waals surface area (Å²) in [5.74, 6) is 0.296. The van der Waals surface area contributed by atoms with Crippen LogP contribution >= 0.6 is 11.8 Å². The highest BCUT2D eigenvalue weighted by Gasteiger charge is 2.32. The van der Waals surface area contributed by atoms with E-state index < -0.39 is 8.07 Å². The minimum Gasteiger partial charge on any atom is -0.358 e. The number of amides is 2. The van der Waals surface area contributed by atoms with E-state index in [2.05, 4.69) is 52.8 Å². The molecule has 1 saturated carbocycles. The lowest BCUT2D eigenvalue weighted by molar-refractivity contribution is 0.0951. The van der Waals surface area contributed by atoms with Crippen LogP contribution in [0.3, 0.4) is 0 Å². The molecule has 1 fully saturated rings. The molecule has 0 saturated heterocycles. The van der Waals surface area contributed by atoms with Crippen molar-refractivity contribution in [3.05, 3.63) is 63.2 Å². The summed E-state index contributed by atoms with van der Waals surface area (Å²) in [5, 5.41) is 7.26. The molecule has 2 heterocycles. The fourth-order valence-electron chi connectivity index (χ4n) is 5.85. The molecule has 3 aromatic rings. The average molecular weight is 567 g/mol. The van der Waals surface area contributed by atoms with Crippen LogP contribution in [0.15, 0.2) is 40.0 Å². The summed E-state index contributed by atoms with van der Waals surface area (Å²) in [4.78, 5) is 42.4. The van der Waals surface area contributed by atoms with Crippen LogP contribution in [0.1, 0.15) is 66.0 Å². The molecule has 4 rings (SSSR count). The zero-order valence-corrected chi connectivity index (χ0v) is 26.1. The highest BCUT2D eigenvalue weighted by Crippen LogP contribution is 2.38. The topological polar surface area (TPSA) is 96.0 Å². The summed E-state index contributed by atoms with van der Waals surface area (Å²) >= 11 is 1.51. The molecule has 0 spiro atoms. The van der Waals surface area contributed by atoms with Gasteiger partial charge in [0.25, 0.3) is 11.5 Å².